The van der Waals surface area contributed by atoms with Gasteiger partial charge >= 0.3 is 6.09 Å². The van der Waals surface area contributed by atoms with Crippen LogP contribution in [0.1, 0.15) is 82.4 Å². The third-order valence-electron chi connectivity index (χ3n) is 12.0. The molecule has 0 saturated heterocycles. The van der Waals surface area contributed by atoms with Crippen LogP contribution in [0.25, 0.3) is 11.8 Å². The van der Waals surface area contributed by atoms with Gasteiger partial charge < -0.3 is 29.0 Å². The number of hydrogen-bond acceptors (Lipinski definition) is 17. The van der Waals surface area contributed by atoms with E-state index in [0.717, 1.165) is 53.1 Å². The van der Waals surface area contributed by atoms with Crippen molar-refractivity contribution in [2.24, 2.45) is 0 Å². The number of ether oxygens (including phenoxy) is 5. The molecule has 2 aliphatic rings. The summed E-state index contributed by atoms with van der Waals surface area (Å²) in [6, 6.07) is 35.7. The lowest BCUT2D eigenvalue weighted by Gasteiger charge is -2.38. The summed E-state index contributed by atoms with van der Waals surface area (Å²) in [7, 11) is -0.912. The summed E-state index contributed by atoms with van der Waals surface area (Å²) in [5, 5.41) is 18.4. The lowest BCUT2D eigenvalue weighted by atomic mass is 9.93. The fourth-order valence-electron chi connectivity index (χ4n) is 8.38. The molecule has 0 spiro atoms. The van der Waals surface area contributed by atoms with E-state index in [2.05, 4.69) is 67.2 Å². The number of sulfone groups is 1. The molecule has 17 nitrogen and oxygen atoms in total. The van der Waals surface area contributed by atoms with E-state index in [1.165, 1.54) is 39.2 Å². The minimum atomic E-state index is -4.12. The quantitative estimate of drug-likeness (QED) is 0.0951. The second-order valence-electron chi connectivity index (χ2n) is 18.4. The number of fused-ring (bicyclic) bond motifs is 2. The standard InChI is InChI=1S/C30H33N5O6S.C22H22N2O2S.C4H3NOS/c1-30(2,3)41-29(36)34-16-15-22-17-27(40-19-21-11-7-5-8-12-21)26(39-4)18-24(22)25(34)20-42(37,38)28-31-32-33-35(28)23-13-9-6-10-14-23;1-25-21-12-19-17(11-22(21)26-13-16-5-3-2-4-6-16)9-10-23-20(19)8-7-18-14-27-15-24-18;6-1-4-2-7-3-5-4/h5-14,17-18,25H,15-16,19-20H2,1-4H3;2-8,11-12,14-15,20,23H,9-10,13H2,1H3;1-3H/b;8-7+;. The molecule has 10 rings (SSSR count). The number of methoxy groups -OCH3 is 2. The summed E-state index contributed by atoms with van der Waals surface area (Å²) in [6.07, 6.45) is 5.79. The van der Waals surface area contributed by atoms with Crippen LogP contribution in [0.15, 0.2) is 148 Å². The summed E-state index contributed by atoms with van der Waals surface area (Å²) in [5.74, 6) is 2.04. The second-order valence-corrected chi connectivity index (χ2v) is 21.7. The number of para-hydroxylation sites is 1. The fourth-order valence-corrected chi connectivity index (χ4v) is 10.9. The van der Waals surface area contributed by atoms with Crippen LogP contribution < -0.4 is 24.3 Å². The minimum Gasteiger partial charge on any atom is -0.493 e. The van der Waals surface area contributed by atoms with E-state index in [4.69, 9.17) is 23.7 Å². The van der Waals surface area contributed by atoms with E-state index in [0.29, 0.717) is 48.1 Å². The lowest BCUT2D eigenvalue weighted by Crippen LogP contribution is -2.45. The van der Waals surface area contributed by atoms with E-state index in [1.54, 1.807) is 80.4 Å². The maximum atomic E-state index is 13.9. The predicted octanol–water partition coefficient (Wildman–Crippen LogP) is 10.1. The zero-order valence-electron chi connectivity index (χ0n) is 42.6. The van der Waals surface area contributed by atoms with Gasteiger partial charge in [-0.15, -0.1) is 22.7 Å². The second kappa shape index (κ2) is 25.6. The van der Waals surface area contributed by atoms with Gasteiger partial charge in [0, 0.05) is 23.8 Å². The number of aldehydes is 1. The van der Waals surface area contributed by atoms with Crippen molar-refractivity contribution >= 4 is 51.0 Å². The van der Waals surface area contributed by atoms with Gasteiger partial charge in [0.05, 0.1) is 54.5 Å². The number of amides is 1. The highest BCUT2D eigenvalue weighted by Gasteiger charge is 2.39. The number of carbonyl (C=O) groups is 2. The Labute approximate surface area is 450 Å². The van der Waals surface area contributed by atoms with E-state index in [1.807, 2.05) is 71.6 Å². The number of tetrazole rings is 1. The van der Waals surface area contributed by atoms with Crippen LogP contribution in [-0.4, -0.2) is 94.5 Å². The highest BCUT2D eigenvalue weighted by molar-refractivity contribution is 7.91. The van der Waals surface area contributed by atoms with Gasteiger partial charge in [0.25, 0.3) is 5.16 Å². The number of hydrogen-bond donors (Lipinski definition) is 1. The van der Waals surface area contributed by atoms with Gasteiger partial charge in [-0.05, 0) is 120 Å². The van der Waals surface area contributed by atoms with Crippen molar-refractivity contribution < 1.29 is 41.7 Å². The monoisotopic (exact) mass is 1080 g/mol. The van der Waals surface area contributed by atoms with Crippen LogP contribution in [-0.2, 0) is 40.6 Å². The summed E-state index contributed by atoms with van der Waals surface area (Å²) < 4.78 is 58.1. The molecule has 1 amide bonds. The smallest absolute Gasteiger partial charge is 0.410 e. The van der Waals surface area contributed by atoms with Crippen LogP contribution in [0.4, 0.5) is 4.79 Å². The molecule has 0 saturated carbocycles. The van der Waals surface area contributed by atoms with Crippen molar-refractivity contribution in [2.75, 3.05) is 33.1 Å². The molecule has 2 aliphatic heterocycles. The fraction of sp³-hybridized carbons (Fsp3) is 0.268. The van der Waals surface area contributed by atoms with E-state index in [9.17, 15) is 18.0 Å². The number of aromatic nitrogens is 6. The molecule has 3 aromatic heterocycles. The SMILES string of the molecule is COc1cc2c(cc1OCc1ccccc1)CCN(C(=O)OC(C)(C)C)C2CS(=O)(=O)c1nnnn1-c1ccccc1.COc1cc2c(cc1OCc1ccccc1)CCNC2/C=C/c1cscn1.O=Cc1cscn1. The Balaban J connectivity index is 0.000000191. The number of nitrogens with one attached hydrogen (secondary N) is 1. The van der Waals surface area contributed by atoms with Crippen LogP contribution >= 0.6 is 22.7 Å². The van der Waals surface area contributed by atoms with E-state index < -0.39 is 33.3 Å². The molecule has 0 fully saturated rings. The number of rotatable bonds is 15. The van der Waals surface area contributed by atoms with E-state index >= 15 is 0 Å². The molecule has 0 bridgehead atoms. The highest BCUT2D eigenvalue weighted by Crippen LogP contribution is 2.41. The van der Waals surface area contributed by atoms with Crippen LogP contribution in [0.3, 0.4) is 0 Å². The molecule has 76 heavy (non-hydrogen) atoms. The minimum absolute atomic E-state index is 0.146. The first kappa shape index (κ1) is 54.5. The Morgan fingerprint density at radius 2 is 1.32 bits per heavy atom. The number of carbonyl (C=O) groups excluding carboxylic acids is 2. The molecular formula is C56H58N8O9S3. The van der Waals surface area contributed by atoms with Gasteiger partial charge in [0.1, 0.15) is 24.5 Å². The topological polar surface area (TPSA) is 199 Å². The Hall–Kier alpha value is -7.78. The maximum absolute atomic E-state index is 13.9. The Kier molecular flexibility index (Phi) is 18.4. The average molecular weight is 1080 g/mol. The molecular weight excluding hydrogens is 1020 g/mol. The first-order valence-electron chi connectivity index (χ1n) is 24.3. The summed E-state index contributed by atoms with van der Waals surface area (Å²) in [6.45, 7) is 7.34. The van der Waals surface area contributed by atoms with Crippen molar-refractivity contribution in [2.45, 2.75) is 69.7 Å². The van der Waals surface area contributed by atoms with Gasteiger partial charge in [-0.2, -0.15) is 4.68 Å². The normalized spacial score (nSPS) is 14.9. The first-order chi connectivity index (χ1) is 36.8. The van der Waals surface area contributed by atoms with Crippen molar-refractivity contribution in [1.29, 1.82) is 0 Å². The molecule has 0 radical (unpaired) electrons. The zero-order chi connectivity index (χ0) is 53.5. The third-order valence-corrected chi connectivity index (χ3v) is 14.8. The molecule has 5 heterocycles. The van der Waals surface area contributed by atoms with Crippen LogP contribution in [0.2, 0.25) is 0 Å². The van der Waals surface area contributed by atoms with Gasteiger partial charge in [-0.1, -0.05) is 90.0 Å². The molecule has 0 aliphatic carbocycles. The maximum Gasteiger partial charge on any atom is 0.410 e. The largest absolute Gasteiger partial charge is 0.493 e. The first-order valence-corrected chi connectivity index (χ1v) is 27.8. The van der Waals surface area contributed by atoms with Crippen molar-refractivity contribution in [3.63, 3.8) is 0 Å². The average Bonchev–Trinajstić information content (AvgIpc) is 4.29. The molecule has 5 aromatic carbocycles. The van der Waals surface area contributed by atoms with Gasteiger partial charge in [-0.25, -0.2) is 23.2 Å². The molecule has 20 heteroatoms. The molecule has 2 unspecified atom stereocenters. The number of benzene rings is 5. The Bertz CT molecular complexity index is 3280. The molecule has 394 valence electrons. The van der Waals surface area contributed by atoms with Crippen LogP contribution in [0.5, 0.6) is 23.0 Å². The molecule has 2 atom stereocenters. The Morgan fingerprint density at radius 3 is 1.86 bits per heavy atom. The Morgan fingerprint density at radius 1 is 0.750 bits per heavy atom. The van der Waals surface area contributed by atoms with Gasteiger partial charge in [0.15, 0.2) is 29.3 Å². The lowest BCUT2D eigenvalue weighted by molar-refractivity contribution is 0.0162. The molecule has 8 aromatic rings. The predicted molar refractivity (Wildman–Crippen MR) is 291 cm³/mol. The van der Waals surface area contributed by atoms with Gasteiger partial charge in [-0.3, -0.25) is 9.69 Å². The third kappa shape index (κ3) is 14.3. The summed E-state index contributed by atoms with van der Waals surface area (Å²) in [5.41, 5.74) is 10.8. The molecule has 1 N–H and O–H groups in total. The highest BCUT2D eigenvalue weighted by atomic mass is 32.2. The number of nitrogens with zero attached hydrogens (tertiary/aromatic N) is 7. The van der Waals surface area contributed by atoms with Crippen molar-refractivity contribution in [1.82, 2.24) is 40.4 Å². The summed E-state index contributed by atoms with van der Waals surface area (Å²) in [4.78, 5) is 32.6. The van der Waals surface area contributed by atoms with Gasteiger partial charge in [0.2, 0.25) is 9.84 Å². The van der Waals surface area contributed by atoms with Crippen molar-refractivity contribution in [3.05, 3.63) is 188 Å². The van der Waals surface area contributed by atoms with Crippen LogP contribution in [0, 0.1) is 0 Å². The summed E-state index contributed by atoms with van der Waals surface area (Å²) >= 11 is 3.03. The number of thiazole rings is 2. The zero-order valence-corrected chi connectivity index (χ0v) is 45.1. The van der Waals surface area contributed by atoms with Crippen molar-refractivity contribution in [3.8, 4) is 28.7 Å². The van der Waals surface area contributed by atoms with E-state index in [-0.39, 0.29) is 17.7 Å².